The lowest BCUT2D eigenvalue weighted by atomic mass is 10.2. The topological polar surface area (TPSA) is 62.1 Å². The second-order valence-electron chi connectivity index (χ2n) is 4.69. The minimum atomic E-state index is -0.0436. The van der Waals surface area contributed by atoms with Crippen LogP contribution < -0.4 is 0 Å². The molecule has 2 aromatic rings. The first-order valence-corrected chi connectivity index (χ1v) is 6.44. The summed E-state index contributed by atoms with van der Waals surface area (Å²) in [5, 5.41) is 7.19. The van der Waals surface area contributed by atoms with Crippen molar-refractivity contribution in [3.05, 3.63) is 41.1 Å². The maximum absolute atomic E-state index is 12.2. The number of aromatic nitrogens is 2. The van der Waals surface area contributed by atoms with Crippen molar-refractivity contribution in [3.8, 4) is 0 Å². The van der Waals surface area contributed by atoms with Gasteiger partial charge in [0, 0.05) is 7.05 Å². The third kappa shape index (κ3) is 3.05. The van der Waals surface area contributed by atoms with Crippen molar-refractivity contribution in [2.75, 3.05) is 7.05 Å². The number of aromatic amines is 1. The molecule has 2 rings (SSSR count). The van der Waals surface area contributed by atoms with Gasteiger partial charge >= 0.3 is 0 Å². The molecular weight excluding hydrogens is 242 g/mol. The summed E-state index contributed by atoms with van der Waals surface area (Å²) in [5.41, 5.74) is 2.59. The van der Waals surface area contributed by atoms with E-state index in [1.807, 2.05) is 6.07 Å². The number of hydrogen-bond acceptors (Lipinski definition) is 3. The Morgan fingerprint density at radius 3 is 2.95 bits per heavy atom. The number of nitrogens with one attached hydrogen (secondary N) is 1. The van der Waals surface area contributed by atoms with Gasteiger partial charge in [-0.3, -0.25) is 9.89 Å². The molecule has 0 saturated carbocycles. The summed E-state index contributed by atoms with van der Waals surface area (Å²) >= 11 is 0. The highest BCUT2D eigenvalue weighted by atomic mass is 16.3. The zero-order valence-electron chi connectivity index (χ0n) is 11.6. The van der Waals surface area contributed by atoms with E-state index < -0.39 is 0 Å². The third-order valence-corrected chi connectivity index (χ3v) is 3.03. The summed E-state index contributed by atoms with van der Waals surface area (Å²) in [4.78, 5) is 13.8. The number of nitrogens with zero attached hydrogens (tertiary/aromatic N) is 2. The standard InChI is InChI=1S/C14H19N3O2/c1-4-5-11-8-12(16-15-11)9-17(3)14(18)13-6-7-19-10(13)2/h6-8H,4-5,9H2,1-3H3,(H,15,16). The molecular formula is C14H19N3O2. The Balaban J connectivity index is 2.02. The summed E-state index contributed by atoms with van der Waals surface area (Å²) in [7, 11) is 1.77. The summed E-state index contributed by atoms with van der Waals surface area (Å²) in [6.45, 7) is 4.42. The van der Waals surface area contributed by atoms with E-state index in [9.17, 15) is 4.79 Å². The van der Waals surface area contributed by atoms with E-state index in [4.69, 9.17) is 4.42 Å². The van der Waals surface area contributed by atoms with Crippen LogP contribution in [0.25, 0.3) is 0 Å². The maximum atomic E-state index is 12.2. The van der Waals surface area contributed by atoms with Crippen LogP contribution in [-0.4, -0.2) is 28.1 Å². The quantitative estimate of drug-likeness (QED) is 0.899. The summed E-state index contributed by atoms with van der Waals surface area (Å²) in [5.74, 6) is 0.603. The van der Waals surface area contributed by atoms with Crippen molar-refractivity contribution in [2.45, 2.75) is 33.2 Å². The SMILES string of the molecule is CCCc1cc(CN(C)C(=O)c2ccoc2C)[nH]n1. The second kappa shape index (κ2) is 5.73. The predicted molar refractivity (Wildman–Crippen MR) is 71.8 cm³/mol. The molecule has 2 heterocycles. The molecule has 2 aromatic heterocycles. The molecule has 0 radical (unpaired) electrons. The van der Waals surface area contributed by atoms with E-state index in [0.29, 0.717) is 17.9 Å². The van der Waals surface area contributed by atoms with Gasteiger partial charge in [0.2, 0.25) is 0 Å². The molecule has 0 bridgehead atoms. The number of amides is 1. The minimum Gasteiger partial charge on any atom is -0.469 e. The van der Waals surface area contributed by atoms with E-state index in [-0.39, 0.29) is 5.91 Å². The molecule has 0 atom stereocenters. The monoisotopic (exact) mass is 261 g/mol. The van der Waals surface area contributed by atoms with Gasteiger partial charge in [-0.25, -0.2) is 0 Å². The average Bonchev–Trinajstić information content (AvgIpc) is 2.98. The molecule has 0 unspecified atom stereocenters. The lowest BCUT2D eigenvalue weighted by Gasteiger charge is -2.15. The first-order chi connectivity index (χ1) is 9.11. The minimum absolute atomic E-state index is 0.0436. The number of furan rings is 1. The average molecular weight is 261 g/mol. The zero-order valence-corrected chi connectivity index (χ0v) is 11.6. The van der Waals surface area contributed by atoms with Gasteiger partial charge in [-0.1, -0.05) is 13.3 Å². The fourth-order valence-corrected chi connectivity index (χ4v) is 2.01. The predicted octanol–water partition coefficient (Wildman–Crippen LogP) is 2.54. The highest BCUT2D eigenvalue weighted by Crippen LogP contribution is 2.13. The molecule has 0 aliphatic rings. The summed E-state index contributed by atoms with van der Waals surface area (Å²) < 4.78 is 5.15. The van der Waals surface area contributed by atoms with E-state index in [1.165, 1.54) is 6.26 Å². The first kappa shape index (κ1) is 13.4. The van der Waals surface area contributed by atoms with Crippen LogP contribution >= 0.6 is 0 Å². The van der Waals surface area contributed by atoms with Crippen LogP contribution in [0.15, 0.2) is 22.8 Å². The van der Waals surface area contributed by atoms with Crippen LogP contribution in [0, 0.1) is 6.92 Å². The molecule has 19 heavy (non-hydrogen) atoms. The molecule has 1 amide bonds. The van der Waals surface area contributed by atoms with Crippen LogP contribution in [0.4, 0.5) is 0 Å². The van der Waals surface area contributed by atoms with Gasteiger partial charge in [0.25, 0.3) is 5.91 Å². The Kier molecular flexibility index (Phi) is 4.04. The summed E-state index contributed by atoms with van der Waals surface area (Å²) in [6, 6.07) is 3.71. The van der Waals surface area contributed by atoms with Crippen LogP contribution in [-0.2, 0) is 13.0 Å². The van der Waals surface area contributed by atoms with Crippen LogP contribution in [0.1, 0.15) is 40.9 Å². The number of carbonyl (C=O) groups is 1. The van der Waals surface area contributed by atoms with Gasteiger partial charge in [0.15, 0.2) is 0 Å². The highest BCUT2D eigenvalue weighted by molar-refractivity contribution is 5.94. The number of rotatable bonds is 5. The number of aryl methyl sites for hydroxylation is 2. The molecule has 102 valence electrons. The van der Waals surface area contributed by atoms with Gasteiger partial charge < -0.3 is 9.32 Å². The lowest BCUT2D eigenvalue weighted by Crippen LogP contribution is -2.26. The third-order valence-electron chi connectivity index (χ3n) is 3.03. The highest BCUT2D eigenvalue weighted by Gasteiger charge is 2.16. The van der Waals surface area contributed by atoms with Crippen LogP contribution in [0.2, 0.25) is 0 Å². The van der Waals surface area contributed by atoms with Gasteiger partial charge in [-0.15, -0.1) is 0 Å². The molecule has 0 saturated heterocycles. The fraction of sp³-hybridized carbons (Fsp3) is 0.429. The van der Waals surface area contributed by atoms with Gasteiger partial charge in [0.05, 0.1) is 29.8 Å². The van der Waals surface area contributed by atoms with Crippen molar-refractivity contribution in [2.24, 2.45) is 0 Å². The van der Waals surface area contributed by atoms with Gasteiger partial charge in [0.1, 0.15) is 5.76 Å². The Hall–Kier alpha value is -2.04. The molecule has 0 aromatic carbocycles. The smallest absolute Gasteiger partial charge is 0.257 e. The van der Waals surface area contributed by atoms with Crippen molar-refractivity contribution in [3.63, 3.8) is 0 Å². The molecule has 5 nitrogen and oxygen atoms in total. The molecule has 5 heteroatoms. The summed E-state index contributed by atoms with van der Waals surface area (Å²) in [6.07, 6.45) is 3.55. The van der Waals surface area contributed by atoms with Crippen molar-refractivity contribution >= 4 is 5.91 Å². The lowest BCUT2D eigenvalue weighted by molar-refractivity contribution is 0.0781. The Morgan fingerprint density at radius 2 is 2.32 bits per heavy atom. The van der Waals surface area contributed by atoms with Gasteiger partial charge in [-0.05, 0) is 25.5 Å². The van der Waals surface area contributed by atoms with E-state index in [2.05, 4.69) is 17.1 Å². The normalized spacial score (nSPS) is 10.7. The fourth-order valence-electron chi connectivity index (χ4n) is 2.01. The molecule has 0 aliphatic carbocycles. The van der Waals surface area contributed by atoms with Gasteiger partial charge in [-0.2, -0.15) is 5.10 Å². The van der Waals surface area contributed by atoms with E-state index >= 15 is 0 Å². The molecule has 0 fully saturated rings. The zero-order chi connectivity index (χ0) is 13.8. The Bertz CT molecular complexity index is 557. The van der Waals surface area contributed by atoms with Crippen molar-refractivity contribution in [1.29, 1.82) is 0 Å². The molecule has 0 spiro atoms. The van der Waals surface area contributed by atoms with E-state index in [0.717, 1.165) is 24.2 Å². The van der Waals surface area contributed by atoms with Crippen molar-refractivity contribution < 1.29 is 9.21 Å². The molecule has 0 aliphatic heterocycles. The Labute approximate surface area is 112 Å². The first-order valence-electron chi connectivity index (χ1n) is 6.44. The van der Waals surface area contributed by atoms with Crippen LogP contribution in [0.5, 0.6) is 0 Å². The second-order valence-corrected chi connectivity index (χ2v) is 4.69. The number of H-pyrrole nitrogens is 1. The number of hydrogen-bond donors (Lipinski definition) is 1. The Morgan fingerprint density at radius 1 is 1.53 bits per heavy atom. The largest absolute Gasteiger partial charge is 0.469 e. The molecule has 1 N–H and O–H groups in total. The van der Waals surface area contributed by atoms with Crippen molar-refractivity contribution in [1.82, 2.24) is 15.1 Å². The van der Waals surface area contributed by atoms with E-state index in [1.54, 1.807) is 24.9 Å². The number of carbonyl (C=O) groups excluding carboxylic acids is 1. The maximum Gasteiger partial charge on any atom is 0.257 e. The van der Waals surface area contributed by atoms with Crippen LogP contribution in [0.3, 0.4) is 0 Å².